The number of rotatable bonds is 5. The van der Waals surface area contributed by atoms with E-state index in [9.17, 15) is 35.9 Å². The first-order valence-corrected chi connectivity index (χ1v) is 8.66. The highest BCUT2D eigenvalue weighted by Crippen LogP contribution is 2.37. The number of amides is 1. The largest absolute Gasteiger partial charge is 0.416 e. The minimum absolute atomic E-state index is 0.00245. The van der Waals surface area contributed by atoms with Crippen LogP contribution >= 0.6 is 0 Å². The molecule has 3 aromatic rings. The zero-order valence-electron chi connectivity index (χ0n) is 15.5. The van der Waals surface area contributed by atoms with E-state index in [0.717, 1.165) is 4.57 Å². The molecule has 164 valence electrons. The number of anilines is 1. The third kappa shape index (κ3) is 4.95. The number of aromatic nitrogens is 2. The van der Waals surface area contributed by atoms with Crippen LogP contribution in [0.15, 0.2) is 47.3 Å². The number of halogens is 6. The quantitative estimate of drug-likeness (QED) is 0.590. The van der Waals surface area contributed by atoms with E-state index in [2.05, 4.69) is 10.3 Å². The van der Waals surface area contributed by atoms with Crippen molar-refractivity contribution < 1.29 is 31.1 Å². The fourth-order valence-electron chi connectivity index (χ4n) is 2.91. The summed E-state index contributed by atoms with van der Waals surface area (Å²) in [6.45, 7) is -1.00. The van der Waals surface area contributed by atoms with Crippen LogP contribution in [0.2, 0.25) is 0 Å². The Balaban J connectivity index is 2.04. The van der Waals surface area contributed by atoms with Gasteiger partial charge in [0.15, 0.2) is 0 Å². The number of benzene rings is 2. The summed E-state index contributed by atoms with van der Waals surface area (Å²) in [5, 5.41) is 2.59. The van der Waals surface area contributed by atoms with Gasteiger partial charge in [-0.1, -0.05) is 12.1 Å². The van der Waals surface area contributed by atoms with Crippen molar-refractivity contribution in [3.63, 3.8) is 0 Å². The molecule has 0 aliphatic heterocycles. The van der Waals surface area contributed by atoms with Crippen LogP contribution in [0.25, 0.3) is 10.9 Å². The van der Waals surface area contributed by atoms with Gasteiger partial charge < -0.3 is 11.1 Å². The van der Waals surface area contributed by atoms with Crippen molar-refractivity contribution in [1.82, 2.24) is 9.55 Å². The summed E-state index contributed by atoms with van der Waals surface area (Å²) in [6, 6.07) is 7.14. The molecule has 6 nitrogen and oxygen atoms in total. The van der Waals surface area contributed by atoms with Crippen LogP contribution in [-0.4, -0.2) is 15.5 Å². The third-order valence-corrected chi connectivity index (χ3v) is 4.29. The zero-order chi connectivity index (χ0) is 23.0. The molecule has 2 aromatic carbocycles. The minimum Gasteiger partial charge on any atom is -0.378 e. The molecule has 0 bridgehead atoms. The van der Waals surface area contributed by atoms with Crippen molar-refractivity contribution in [3.05, 3.63) is 69.8 Å². The number of alkyl halides is 6. The lowest BCUT2D eigenvalue weighted by Gasteiger charge is -2.16. The molecule has 0 saturated heterocycles. The zero-order valence-corrected chi connectivity index (χ0v) is 15.5. The number of hydrogen-bond donors (Lipinski definition) is 2. The van der Waals surface area contributed by atoms with Crippen LogP contribution in [0.4, 0.5) is 32.0 Å². The molecule has 3 N–H and O–H groups in total. The van der Waals surface area contributed by atoms with E-state index >= 15 is 0 Å². The first-order chi connectivity index (χ1) is 14.4. The number of nitrogens with two attached hydrogens (primary N) is 1. The number of carbonyl (C=O) groups is 1. The minimum atomic E-state index is -5.01. The van der Waals surface area contributed by atoms with Gasteiger partial charge in [-0.2, -0.15) is 26.3 Å². The highest BCUT2D eigenvalue weighted by atomic mass is 19.4. The molecular formula is C19H14F6N4O2. The summed E-state index contributed by atoms with van der Waals surface area (Å²) in [5.41, 5.74) is 1.29. The summed E-state index contributed by atoms with van der Waals surface area (Å²) < 4.78 is 79.1. The van der Waals surface area contributed by atoms with E-state index in [-0.39, 0.29) is 22.8 Å². The smallest absolute Gasteiger partial charge is 0.378 e. The SMILES string of the molecule is NC(=O)Cn1c(CNc2cc(C(F)(F)F)cc(C(F)(F)F)c2)nc2ccccc2c1=O. The van der Waals surface area contributed by atoms with Gasteiger partial charge >= 0.3 is 12.4 Å². The molecule has 0 aliphatic carbocycles. The van der Waals surface area contributed by atoms with Gasteiger partial charge in [-0.05, 0) is 30.3 Å². The summed E-state index contributed by atoms with van der Waals surface area (Å²) >= 11 is 0. The Labute approximate surface area is 170 Å². The molecule has 1 amide bonds. The second-order valence-corrected chi connectivity index (χ2v) is 6.55. The lowest BCUT2D eigenvalue weighted by Crippen LogP contribution is -2.32. The molecule has 1 aromatic heterocycles. The van der Waals surface area contributed by atoms with Crippen LogP contribution in [0.5, 0.6) is 0 Å². The van der Waals surface area contributed by atoms with Crippen LogP contribution in [0, 0.1) is 0 Å². The average Bonchev–Trinajstić information content (AvgIpc) is 2.67. The Morgan fingerprint density at radius 2 is 1.58 bits per heavy atom. The number of nitrogens with one attached hydrogen (secondary N) is 1. The lowest BCUT2D eigenvalue weighted by molar-refractivity contribution is -0.143. The van der Waals surface area contributed by atoms with E-state index in [0.29, 0.717) is 12.1 Å². The number of para-hydroxylation sites is 1. The van der Waals surface area contributed by atoms with Gasteiger partial charge in [0.05, 0.1) is 28.6 Å². The molecular weight excluding hydrogens is 430 g/mol. The van der Waals surface area contributed by atoms with E-state index in [1.807, 2.05) is 0 Å². The van der Waals surface area contributed by atoms with Gasteiger partial charge in [-0.15, -0.1) is 0 Å². The van der Waals surface area contributed by atoms with Gasteiger partial charge in [0.25, 0.3) is 5.56 Å². The summed E-state index contributed by atoms with van der Waals surface area (Å²) in [5.74, 6) is -0.965. The van der Waals surface area contributed by atoms with Crippen LogP contribution in [-0.2, 0) is 30.2 Å². The van der Waals surface area contributed by atoms with Gasteiger partial charge in [0, 0.05) is 5.69 Å². The van der Waals surface area contributed by atoms with E-state index in [1.165, 1.54) is 12.1 Å². The Bertz CT molecular complexity index is 1170. The van der Waals surface area contributed by atoms with Gasteiger partial charge in [-0.3, -0.25) is 14.2 Å². The van der Waals surface area contributed by atoms with Crippen LogP contribution in [0.3, 0.4) is 0 Å². The Morgan fingerprint density at radius 3 is 2.13 bits per heavy atom. The topological polar surface area (TPSA) is 90.0 Å². The van der Waals surface area contributed by atoms with E-state index in [4.69, 9.17) is 5.73 Å². The predicted octanol–water partition coefficient (Wildman–Crippen LogP) is 3.53. The first-order valence-electron chi connectivity index (χ1n) is 8.66. The molecule has 0 spiro atoms. The molecule has 0 radical (unpaired) electrons. The molecule has 0 unspecified atom stereocenters. The van der Waals surface area contributed by atoms with Crippen molar-refractivity contribution in [2.24, 2.45) is 5.73 Å². The fraction of sp³-hybridized carbons (Fsp3) is 0.211. The number of primary amides is 1. The third-order valence-electron chi connectivity index (χ3n) is 4.29. The predicted molar refractivity (Wildman–Crippen MR) is 99.0 cm³/mol. The van der Waals surface area contributed by atoms with Crippen molar-refractivity contribution in [2.45, 2.75) is 25.4 Å². The maximum Gasteiger partial charge on any atom is 0.416 e. The second kappa shape index (κ2) is 7.93. The van der Waals surface area contributed by atoms with Gasteiger partial charge in [0.1, 0.15) is 12.4 Å². The van der Waals surface area contributed by atoms with Crippen LogP contribution in [0.1, 0.15) is 17.0 Å². The molecule has 12 heteroatoms. The highest BCUT2D eigenvalue weighted by molar-refractivity contribution is 5.78. The fourth-order valence-corrected chi connectivity index (χ4v) is 2.91. The Hall–Kier alpha value is -3.57. The molecule has 0 fully saturated rings. The summed E-state index contributed by atoms with van der Waals surface area (Å²) in [7, 11) is 0. The Kier molecular flexibility index (Phi) is 5.66. The molecule has 0 saturated carbocycles. The number of fused-ring (bicyclic) bond motifs is 1. The van der Waals surface area contributed by atoms with E-state index < -0.39 is 53.7 Å². The van der Waals surface area contributed by atoms with Crippen LogP contribution < -0.4 is 16.6 Å². The number of hydrogen-bond acceptors (Lipinski definition) is 4. The molecule has 31 heavy (non-hydrogen) atoms. The maximum absolute atomic E-state index is 13.0. The normalized spacial score (nSPS) is 12.2. The highest BCUT2D eigenvalue weighted by Gasteiger charge is 2.37. The second-order valence-electron chi connectivity index (χ2n) is 6.55. The van der Waals surface area contributed by atoms with Crippen molar-refractivity contribution in [2.75, 3.05) is 5.32 Å². The molecule has 0 atom stereocenters. The van der Waals surface area contributed by atoms with E-state index in [1.54, 1.807) is 12.1 Å². The molecule has 3 rings (SSSR count). The number of nitrogens with zero attached hydrogens (tertiary/aromatic N) is 2. The average molecular weight is 444 g/mol. The summed E-state index contributed by atoms with van der Waals surface area (Å²) in [6.07, 6.45) is -10.0. The van der Waals surface area contributed by atoms with Crippen molar-refractivity contribution in [1.29, 1.82) is 0 Å². The molecule has 0 aliphatic rings. The monoisotopic (exact) mass is 444 g/mol. The summed E-state index contributed by atoms with van der Waals surface area (Å²) in [4.78, 5) is 28.2. The standard InChI is InChI=1S/C19H14F6N4O2/c20-18(21,22)10-5-11(19(23,24)25)7-12(6-10)27-8-16-28-14-4-2-1-3-13(14)17(31)29(16)9-15(26)30/h1-7,27H,8-9H2,(H2,26,30). The van der Waals surface area contributed by atoms with Gasteiger partial charge in [0.2, 0.25) is 5.91 Å². The van der Waals surface area contributed by atoms with Gasteiger partial charge in [-0.25, -0.2) is 4.98 Å². The maximum atomic E-state index is 13.0. The first kappa shape index (κ1) is 22.1. The Morgan fingerprint density at radius 1 is 1.00 bits per heavy atom. The van der Waals surface area contributed by atoms with Crippen molar-refractivity contribution >= 4 is 22.5 Å². The number of carbonyl (C=O) groups excluding carboxylic acids is 1. The molecule has 1 heterocycles. The van der Waals surface area contributed by atoms with Crippen molar-refractivity contribution in [3.8, 4) is 0 Å². The lowest BCUT2D eigenvalue weighted by atomic mass is 10.1.